The van der Waals surface area contributed by atoms with Gasteiger partial charge in [-0.1, -0.05) is 22.0 Å². The molecule has 2 aromatic carbocycles. The van der Waals surface area contributed by atoms with Crippen molar-refractivity contribution in [3.8, 4) is 17.6 Å². The van der Waals surface area contributed by atoms with Gasteiger partial charge in [0.25, 0.3) is 0 Å². The molecule has 0 unspecified atom stereocenters. The van der Waals surface area contributed by atoms with Gasteiger partial charge in [0.15, 0.2) is 0 Å². The Bertz CT molecular complexity index is 665. The van der Waals surface area contributed by atoms with Gasteiger partial charge in [-0.05, 0) is 24.3 Å². The van der Waals surface area contributed by atoms with Crippen molar-refractivity contribution in [2.24, 2.45) is 0 Å². The second-order valence-electron chi connectivity index (χ2n) is 4.14. The average Bonchev–Trinajstić information content (AvgIpc) is 2.46. The van der Waals surface area contributed by atoms with E-state index < -0.39 is 0 Å². The molecule has 4 nitrogen and oxygen atoms in total. The van der Waals surface area contributed by atoms with Gasteiger partial charge in [0, 0.05) is 21.8 Å². The zero-order valence-corrected chi connectivity index (χ0v) is 12.5. The Morgan fingerprint density at radius 1 is 1.20 bits per heavy atom. The number of nitriles is 1. The van der Waals surface area contributed by atoms with Crippen LogP contribution in [-0.4, -0.2) is 7.11 Å². The maximum atomic E-state index is 8.96. The van der Waals surface area contributed by atoms with Gasteiger partial charge in [-0.3, -0.25) is 0 Å². The molecule has 20 heavy (non-hydrogen) atoms. The first-order valence-electron chi connectivity index (χ1n) is 5.88. The van der Waals surface area contributed by atoms with Crippen LogP contribution in [0.3, 0.4) is 0 Å². The van der Waals surface area contributed by atoms with Crippen LogP contribution < -0.4 is 15.2 Å². The molecule has 0 bridgehead atoms. The van der Waals surface area contributed by atoms with E-state index in [9.17, 15) is 0 Å². The van der Waals surface area contributed by atoms with Crippen molar-refractivity contribution < 1.29 is 9.47 Å². The van der Waals surface area contributed by atoms with E-state index in [0.29, 0.717) is 29.4 Å². The van der Waals surface area contributed by atoms with Crippen LogP contribution in [-0.2, 0) is 6.61 Å². The lowest BCUT2D eigenvalue weighted by Gasteiger charge is -2.10. The molecular weight excluding hydrogens is 320 g/mol. The van der Waals surface area contributed by atoms with Gasteiger partial charge in [0.05, 0.1) is 18.7 Å². The van der Waals surface area contributed by atoms with Crippen LogP contribution in [0.25, 0.3) is 0 Å². The van der Waals surface area contributed by atoms with Crippen molar-refractivity contribution in [3.63, 3.8) is 0 Å². The predicted molar refractivity (Wildman–Crippen MR) is 80.6 cm³/mol. The van der Waals surface area contributed by atoms with E-state index in [4.69, 9.17) is 20.5 Å². The van der Waals surface area contributed by atoms with Gasteiger partial charge >= 0.3 is 0 Å². The number of nitrogen functional groups attached to an aromatic ring is 1. The largest absolute Gasteiger partial charge is 0.497 e. The van der Waals surface area contributed by atoms with Gasteiger partial charge in [-0.25, -0.2) is 0 Å². The van der Waals surface area contributed by atoms with E-state index >= 15 is 0 Å². The molecule has 2 N–H and O–H groups in total. The number of nitrogens with zero attached hydrogens (tertiary/aromatic N) is 1. The van der Waals surface area contributed by atoms with Crippen LogP contribution in [0.2, 0.25) is 0 Å². The summed E-state index contributed by atoms with van der Waals surface area (Å²) in [4.78, 5) is 0. The first kappa shape index (κ1) is 14.2. The van der Waals surface area contributed by atoms with Crippen LogP contribution in [0.5, 0.6) is 11.5 Å². The zero-order valence-electron chi connectivity index (χ0n) is 10.9. The van der Waals surface area contributed by atoms with Crippen LogP contribution >= 0.6 is 15.9 Å². The quantitative estimate of drug-likeness (QED) is 0.870. The second kappa shape index (κ2) is 6.31. The van der Waals surface area contributed by atoms with Crippen molar-refractivity contribution in [3.05, 3.63) is 52.0 Å². The zero-order chi connectivity index (χ0) is 14.5. The normalized spacial score (nSPS) is 9.85. The molecule has 102 valence electrons. The lowest BCUT2D eigenvalue weighted by atomic mass is 10.2. The molecule has 0 radical (unpaired) electrons. The van der Waals surface area contributed by atoms with Crippen molar-refractivity contribution in [2.45, 2.75) is 6.61 Å². The summed E-state index contributed by atoms with van der Waals surface area (Å²) in [7, 11) is 1.55. The van der Waals surface area contributed by atoms with Crippen molar-refractivity contribution in [2.75, 3.05) is 12.8 Å². The molecule has 0 saturated carbocycles. The third-order valence-electron chi connectivity index (χ3n) is 2.75. The molecular formula is C15H13BrN2O2. The van der Waals surface area contributed by atoms with Gasteiger partial charge in [0.1, 0.15) is 18.1 Å². The molecule has 0 aliphatic carbocycles. The summed E-state index contributed by atoms with van der Waals surface area (Å²) in [6.07, 6.45) is 0. The molecule has 0 fully saturated rings. The fraction of sp³-hybridized carbons (Fsp3) is 0.133. The Balaban J connectivity index is 2.16. The van der Waals surface area contributed by atoms with Gasteiger partial charge in [0.2, 0.25) is 0 Å². The number of ether oxygens (including phenoxy) is 2. The lowest BCUT2D eigenvalue weighted by Crippen LogP contribution is -2.00. The Labute approximate surface area is 125 Å². The van der Waals surface area contributed by atoms with Crippen LogP contribution in [0.15, 0.2) is 40.9 Å². The molecule has 0 aliphatic rings. The SMILES string of the molecule is COc1cc(C#N)cc(OCc2ccc(Br)cc2N)c1. The summed E-state index contributed by atoms with van der Waals surface area (Å²) in [6.45, 7) is 0.331. The van der Waals surface area contributed by atoms with Crippen LogP contribution in [0, 0.1) is 11.3 Å². The number of benzene rings is 2. The number of halogens is 1. The highest BCUT2D eigenvalue weighted by Gasteiger charge is 2.05. The predicted octanol–water partition coefficient (Wildman–Crippen LogP) is 3.49. The molecule has 2 rings (SSSR count). The Hall–Kier alpha value is -2.19. The van der Waals surface area contributed by atoms with Crippen LogP contribution in [0.4, 0.5) is 5.69 Å². The number of rotatable bonds is 4. The molecule has 2 aromatic rings. The van der Waals surface area contributed by atoms with Crippen molar-refractivity contribution >= 4 is 21.6 Å². The Morgan fingerprint density at radius 2 is 1.95 bits per heavy atom. The van der Waals surface area contributed by atoms with E-state index in [2.05, 4.69) is 22.0 Å². The number of nitrogens with two attached hydrogens (primary N) is 1. The van der Waals surface area contributed by atoms with Crippen molar-refractivity contribution in [1.29, 1.82) is 5.26 Å². The van der Waals surface area contributed by atoms with E-state index in [1.165, 1.54) is 0 Å². The molecule has 0 heterocycles. The standard InChI is InChI=1S/C15H13BrN2O2/c1-19-13-4-10(8-17)5-14(7-13)20-9-11-2-3-12(16)6-15(11)18/h2-7H,9,18H2,1H3. The molecule has 0 aliphatic heterocycles. The second-order valence-corrected chi connectivity index (χ2v) is 5.06. The first-order valence-corrected chi connectivity index (χ1v) is 6.67. The number of hydrogen-bond donors (Lipinski definition) is 1. The van der Waals surface area contributed by atoms with Gasteiger partial charge in [-0.2, -0.15) is 5.26 Å². The number of hydrogen-bond acceptors (Lipinski definition) is 4. The highest BCUT2D eigenvalue weighted by Crippen LogP contribution is 2.25. The lowest BCUT2D eigenvalue weighted by molar-refractivity contribution is 0.304. The summed E-state index contributed by atoms with van der Waals surface area (Å²) in [6, 6.07) is 12.7. The minimum absolute atomic E-state index is 0.331. The molecule has 5 heteroatoms. The molecule has 0 aromatic heterocycles. The molecule has 0 spiro atoms. The topological polar surface area (TPSA) is 68.3 Å². The summed E-state index contributed by atoms with van der Waals surface area (Å²) < 4.78 is 11.7. The maximum Gasteiger partial charge on any atom is 0.124 e. The number of anilines is 1. The van der Waals surface area contributed by atoms with Crippen LogP contribution in [0.1, 0.15) is 11.1 Å². The fourth-order valence-electron chi connectivity index (χ4n) is 1.70. The highest BCUT2D eigenvalue weighted by molar-refractivity contribution is 9.10. The highest BCUT2D eigenvalue weighted by atomic mass is 79.9. The van der Waals surface area contributed by atoms with E-state index in [1.54, 1.807) is 25.3 Å². The smallest absolute Gasteiger partial charge is 0.124 e. The third-order valence-corrected chi connectivity index (χ3v) is 3.24. The van der Waals surface area contributed by atoms with E-state index in [-0.39, 0.29) is 0 Å². The fourth-order valence-corrected chi connectivity index (χ4v) is 2.07. The maximum absolute atomic E-state index is 8.96. The average molecular weight is 333 g/mol. The Morgan fingerprint density at radius 3 is 2.60 bits per heavy atom. The van der Waals surface area contributed by atoms with E-state index in [0.717, 1.165) is 10.0 Å². The summed E-state index contributed by atoms with van der Waals surface area (Å²) >= 11 is 3.36. The summed E-state index contributed by atoms with van der Waals surface area (Å²) in [5, 5.41) is 8.96. The first-order chi connectivity index (χ1) is 9.62. The molecule has 0 atom stereocenters. The Kier molecular flexibility index (Phi) is 4.49. The monoisotopic (exact) mass is 332 g/mol. The van der Waals surface area contributed by atoms with E-state index in [1.807, 2.05) is 18.2 Å². The van der Waals surface area contributed by atoms with Gasteiger partial charge in [-0.15, -0.1) is 0 Å². The summed E-state index contributed by atoms with van der Waals surface area (Å²) in [5.41, 5.74) is 7.94. The van der Waals surface area contributed by atoms with Gasteiger partial charge < -0.3 is 15.2 Å². The minimum atomic E-state index is 0.331. The number of methoxy groups -OCH3 is 1. The minimum Gasteiger partial charge on any atom is -0.497 e. The van der Waals surface area contributed by atoms with Crippen molar-refractivity contribution in [1.82, 2.24) is 0 Å². The molecule has 0 saturated heterocycles. The summed E-state index contributed by atoms with van der Waals surface area (Å²) in [5.74, 6) is 1.16. The molecule has 0 amide bonds. The third kappa shape index (κ3) is 3.43.